The number of fused-ring (bicyclic) bond motifs is 1. The third-order valence-electron chi connectivity index (χ3n) is 7.27. The van der Waals surface area contributed by atoms with E-state index in [9.17, 15) is 18.8 Å². The first-order valence-corrected chi connectivity index (χ1v) is 13.7. The number of ether oxygens (including phenoxy) is 1. The highest BCUT2D eigenvalue weighted by atomic mass is 19.1. The number of nitrogens with one attached hydrogen (secondary N) is 1. The fraction of sp³-hybridized carbons (Fsp3) is 0.281. The molecule has 2 saturated heterocycles. The van der Waals surface area contributed by atoms with E-state index in [1.807, 2.05) is 48.5 Å². The van der Waals surface area contributed by atoms with E-state index in [1.165, 1.54) is 22.0 Å². The lowest BCUT2D eigenvalue weighted by atomic mass is 9.99. The predicted molar refractivity (Wildman–Crippen MR) is 153 cm³/mol. The van der Waals surface area contributed by atoms with Crippen LogP contribution in [0.2, 0.25) is 0 Å². The second-order valence-corrected chi connectivity index (χ2v) is 10.1. The van der Waals surface area contributed by atoms with Crippen LogP contribution in [0.5, 0.6) is 0 Å². The SMILES string of the molecule is C#CCN1CC(=O)N2C(c3ccccc3)C(=O)N(CCOCc3cccc(F)c3)CC2N1C(=O)NCc1ccccc1. The summed E-state index contributed by atoms with van der Waals surface area (Å²) in [6.45, 7) is 0.808. The van der Waals surface area contributed by atoms with Gasteiger partial charge in [-0.05, 0) is 28.8 Å². The lowest BCUT2D eigenvalue weighted by Crippen LogP contribution is -2.74. The smallest absolute Gasteiger partial charge is 0.334 e. The van der Waals surface area contributed by atoms with Gasteiger partial charge >= 0.3 is 6.03 Å². The molecule has 5 rings (SSSR count). The molecule has 0 aromatic heterocycles. The second-order valence-electron chi connectivity index (χ2n) is 10.1. The maximum Gasteiger partial charge on any atom is 0.334 e. The largest absolute Gasteiger partial charge is 0.375 e. The van der Waals surface area contributed by atoms with E-state index in [0.29, 0.717) is 11.1 Å². The van der Waals surface area contributed by atoms with E-state index in [-0.39, 0.29) is 63.6 Å². The number of carbonyl (C=O) groups excluding carboxylic acids is 3. The van der Waals surface area contributed by atoms with Gasteiger partial charge in [0.05, 0.1) is 32.8 Å². The number of amides is 4. The van der Waals surface area contributed by atoms with Gasteiger partial charge in [0.25, 0.3) is 0 Å². The van der Waals surface area contributed by atoms with Crippen molar-refractivity contribution in [1.29, 1.82) is 0 Å². The summed E-state index contributed by atoms with van der Waals surface area (Å²) in [5.41, 5.74) is 2.23. The summed E-state index contributed by atoms with van der Waals surface area (Å²) in [5.74, 6) is 1.63. The molecule has 2 heterocycles. The Labute approximate surface area is 244 Å². The zero-order valence-electron chi connectivity index (χ0n) is 23.1. The normalized spacial score (nSPS) is 18.9. The summed E-state index contributed by atoms with van der Waals surface area (Å²) in [6, 6.07) is 23.3. The Morgan fingerprint density at radius 1 is 1.00 bits per heavy atom. The van der Waals surface area contributed by atoms with Crippen LogP contribution in [-0.2, 0) is 27.5 Å². The van der Waals surface area contributed by atoms with Gasteiger partial charge in [-0.1, -0.05) is 78.7 Å². The lowest BCUT2D eigenvalue weighted by molar-refractivity contribution is -0.190. The van der Waals surface area contributed by atoms with Crippen molar-refractivity contribution in [1.82, 2.24) is 25.1 Å². The van der Waals surface area contributed by atoms with Gasteiger partial charge in [-0.2, -0.15) is 5.01 Å². The zero-order chi connectivity index (χ0) is 29.5. The van der Waals surface area contributed by atoms with Crippen LogP contribution in [0.4, 0.5) is 9.18 Å². The Kier molecular flexibility index (Phi) is 9.12. The average molecular weight is 570 g/mol. The molecule has 0 aliphatic carbocycles. The number of rotatable bonds is 9. The lowest BCUT2D eigenvalue weighted by Gasteiger charge is -2.54. The Bertz CT molecular complexity index is 1450. The van der Waals surface area contributed by atoms with Gasteiger partial charge in [0.15, 0.2) is 0 Å². The van der Waals surface area contributed by atoms with Crippen LogP contribution in [0.25, 0.3) is 0 Å². The highest BCUT2D eigenvalue weighted by Crippen LogP contribution is 2.34. The maximum atomic E-state index is 13.9. The summed E-state index contributed by atoms with van der Waals surface area (Å²) < 4.78 is 19.3. The number of hydrazine groups is 1. The Morgan fingerprint density at radius 2 is 1.71 bits per heavy atom. The number of hydrogen-bond acceptors (Lipinski definition) is 5. The molecule has 0 spiro atoms. The summed E-state index contributed by atoms with van der Waals surface area (Å²) in [5, 5.41) is 5.95. The molecule has 3 aromatic carbocycles. The van der Waals surface area contributed by atoms with Crippen molar-refractivity contribution < 1.29 is 23.5 Å². The minimum Gasteiger partial charge on any atom is -0.375 e. The van der Waals surface area contributed by atoms with E-state index in [0.717, 1.165) is 5.56 Å². The van der Waals surface area contributed by atoms with E-state index in [2.05, 4.69) is 11.2 Å². The van der Waals surface area contributed by atoms with E-state index in [4.69, 9.17) is 11.2 Å². The highest BCUT2D eigenvalue weighted by Gasteiger charge is 2.51. The van der Waals surface area contributed by atoms with Crippen molar-refractivity contribution in [3.63, 3.8) is 0 Å². The highest BCUT2D eigenvalue weighted by molar-refractivity contribution is 5.92. The number of nitrogens with zero attached hydrogens (tertiary/aromatic N) is 4. The molecule has 216 valence electrons. The van der Waals surface area contributed by atoms with Gasteiger partial charge in [-0.3, -0.25) is 9.59 Å². The monoisotopic (exact) mass is 569 g/mol. The average Bonchev–Trinajstić information content (AvgIpc) is 3.00. The van der Waals surface area contributed by atoms with E-state index < -0.39 is 18.2 Å². The van der Waals surface area contributed by atoms with Crippen LogP contribution in [0.1, 0.15) is 22.7 Å². The maximum absolute atomic E-state index is 13.9. The van der Waals surface area contributed by atoms with Gasteiger partial charge in [0, 0.05) is 13.1 Å². The van der Waals surface area contributed by atoms with Crippen molar-refractivity contribution in [2.75, 3.05) is 32.8 Å². The first-order valence-electron chi connectivity index (χ1n) is 13.7. The third-order valence-corrected chi connectivity index (χ3v) is 7.27. The number of halogens is 1. The number of carbonyl (C=O) groups is 3. The molecule has 0 radical (unpaired) electrons. The van der Waals surface area contributed by atoms with Crippen LogP contribution in [0.3, 0.4) is 0 Å². The molecule has 0 bridgehead atoms. The molecule has 4 amide bonds. The molecule has 1 N–H and O–H groups in total. The topological polar surface area (TPSA) is 85.4 Å². The zero-order valence-corrected chi connectivity index (χ0v) is 23.1. The molecule has 2 unspecified atom stereocenters. The Balaban J connectivity index is 1.40. The standard InChI is InChI=1S/C32H32FN5O4/c1-2-16-36-22-29(39)37-28(38(36)32(41)34-20-24-10-5-3-6-11-24)21-35(31(40)30(37)26-13-7-4-8-14-26)17-18-42-23-25-12-9-15-27(33)19-25/h1,3-15,19,28,30H,16-18,20-23H2,(H,34,41). The number of hydrogen-bond donors (Lipinski definition) is 1. The quantitative estimate of drug-likeness (QED) is 0.316. The molecule has 0 saturated carbocycles. The molecule has 3 aromatic rings. The van der Waals surface area contributed by atoms with Crippen LogP contribution < -0.4 is 5.32 Å². The minimum atomic E-state index is -0.932. The first kappa shape index (κ1) is 28.8. The van der Waals surface area contributed by atoms with Gasteiger partial charge in [-0.15, -0.1) is 6.42 Å². The van der Waals surface area contributed by atoms with Crippen molar-refractivity contribution in [2.24, 2.45) is 0 Å². The summed E-state index contributed by atoms with van der Waals surface area (Å²) >= 11 is 0. The third kappa shape index (κ3) is 6.43. The number of piperazine rings is 1. The number of terminal acetylenes is 1. The molecule has 9 nitrogen and oxygen atoms in total. The summed E-state index contributed by atoms with van der Waals surface area (Å²) in [7, 11) is 0. The van der Waals surface area contributed by atoms with Crippen molar-refractivity contribution in [3.8, 4) is 12.3 Å². The molecule has 2 aliphatic rings. The van der Waals surface area contributed by atoms with Crippen LogP contribution in [0.15, 0.2) is 84.9 Å². The van der Waals surface area contributed by atoms with Gasteiger partial charge in [0.2, 0.25) is 11.8 Å². The van der Waals surface area contributed by atoms with E-state index in [1.54, 1.807) is 34.2 Å². The Morgan fingerprint density at radius 3 is 2.43 bits per heavy atom. The molecule has 10 heteroatoms. The molecule has 42 heavy (non-hydrogen) atoms. The van der Waals surface area contributed by atoms with E-state index >= 15 is 0 Å². The van der Waals surface area contributed by atoms with Crippen LogP contribution >= 0.6 is 0 Å². The molecule has 2 atom stereocenters. The molecular weight excluding hydrogens is 537 g/mol. The predicted octanol–water partition coefficient (Wildman–Crippen LogP) is 3.16. The summed E-state index contributed by atoms with van der Waals surface area (Å²) in [4.78, 5) is 44.3. The molecular formula is C32H32FN5O4. The van der Waals surface area contributed by atoms with Crippen molar-refractivity contribution >= 4 is 17.8 Å². The van der Waals surface area contributed by atoms with Gasteiger partial charge < -0.3 is 19.9 Å². The van der Waals surface area contributed by atoms with Gasteiger partial charge in [0.1, 0.15) is 18.0 Å². The second kappa shape index (κ2) is 13.3. The van der Waals surface area contributed by atoms with Gasteiger partial charge in [-0.25, -0.2) is 14.2 Å². The van der Waals surface area contributed by atoms with Crippen molar-refractivity contribution in [3.05, 3.63) is 107 Å². The summed E-state index contributed by atoms with van der Waals surface area (Å²) in [6.07, 6.45) is 4.82. The Hall–Kier alpha value is -4.72. The molecule has 2 aliphatic heterocycles. The first-order chi connectivity index (χ1) is 20.5. The number of benzene rings is 3. The number of urea groups is 1. The van der Waals surface area contributed by atoms with Crippen molar-refractivity contribution in [2.45, 2.75) is 25.4 Å². The van der Waals surface area contributed by atoms with Crippen LogP contribution in [0, 0.1) is 18.2 Å². The fourth-order valence-electron chi connectivity index (χ4n) is 5.33. The minimum absolute atomic E-state index is 0.0372. The fourth-order valence-corrected chi connectivity index (χ4v) is 5.33. The molecule has 2 fully saturated rings. The van der Waals surface area contributed by atoms with Crippen LogP contribution in [-0.4, -0.2) is 76.6 Å².